The first-order chi connectivity index (χ1) is 12.2. The fraction of sp³-hybridized carbons (Fsp3) is 0.579. The lowest BCUT2D eigenvalue weighted by molar-refractivity contribution is -0.145. The fourth-order valence-electron chi connectivity index (χ4n) is 3.73. The van der Waals surface area contributed by atoms with Crippen molar-refractivity contribution in [2.75, 3.05) is 26.7 Å². The third-order valence-corrected chi connectivity index (χ3v) is 5.10. The molecule has 0 N–H and O–H groups in total. The van der Waals surface area contributed by atoms with Crippen molar-refractivity contribution >= 4 is 12.1 Å². The van der Waals surface area contributed by atoms with Gasteiger partial charge in [0.1, 0.15) is 12.6 Å². The van der Waals surface area contributed by atoms with Crippen molar-refractivity contribution in [2.24, 2.45) is 0 Å². The maximum atomic E-state index is 12.6. The predicted octanol–water partition coefficient (Wildman–Crippen LogP) is 2.42. The minimum Gasteiger partial charge on any atom is -0.467 e. The molecule has 2 aliphatic heterocycles. The largest absolute Gasteiger partial charge is 0.467 e. The minimum atomic E-state index is -0.555. The van der Waals surface area contributed by atoms with E-state index < -0.39 is 12.1 Å². The SMILES string of the molecule is COC(=O)[C@@H]1C[C@H](N2CCCCC2)CN1C(=O)OCc1ccccc1. The van der Waals surface area contributed by atoms with E-state index in [1.165, 1.54) is 31.3 Å². The van der Waals surface area contributed by atoms with E-state index in [0.29, 0.717) is 13.0 Å². The maximum absolute atomic E-state index is 12.6. The number of rotatable bonds is 4. The highest BCUT2D eigenvalue weighted by Crippen LogP contribution is 2.26. The van der Waals surface area contributed by atoms with Crippen molar-refractivity contribution in [3.8, 4) is 0 Å². The summed E-state index contributed by atoms with van der Waals surface area (Å²) < 4.78 is 10.3. The number of esters is 1. The molecule has 136 valence electrons. The van der Waals surface area contributed by atoms with E-state index in [1.54, 1.807) is 0 Å². The van der Waals surface area contributed by atoms with Crippen LogP contribution in [-0.4, -0.2) is 60.7 Å². The molecule has 1 aromatic carbocycles. The van der Waals surface area contributed by atoms with E-state index in [9.17, 15) is 9.59 Å². The number of hydrogen-bond donors (Lipinski definition) is 0. The molecule has 0 spiro atoms. The average Bonchev–Trinajstić information content (AvgIpc) is 3.12. The zero-order valence-corrected chi connectivity index (χ0v) is 14.7. The van der Waals surface area contributed by atoms with E-state index in [2.05, 4.69) is 4.90 Å². The van der Waals surface area contributed by atoms with Crippen LogP contribution >= 0.6 is 0 Å². The smallest absolute Gasteiger partial charge is 0.410 e. The van der Waals surface area contributed by atoms with Crippen LogP contribution in [0.4, 0.5) is 4.79 Å². The van der Waals surface area contributed by atoms with Crippen LogP contribution in [0.15, 0.2) is 30.3 Å². The van der Waals surface area contributed by atoms with Gasteiger partial charge in [-0.2, -0.15) is 0 Å². The molecule has 0 radical (unpaired) electrons. The molecule has 2 heterocycles. The summed E-state index contributed by atoms with van der Waals surface area (Å²) in [5.41, 5.74) is 0.928. The lowest BCUT2D eigenvalue weighted by Crippen LogP contribution is -2.43. The van der Waals surface area contributed by atoms with Crippen molar-refractivity contribution in [1.29, 1.82) is 0 Å². The van der Waals surface area contributed by atoms with Crippen LogP contribution in [0, 0.1) is 0 Å². The topological polar surface area (TPSA) is 59.1 Å². The standard InChI is InChI=1S/C19H26N2O4/c1-24-18(22)17-12-16(20-10-6-3-7-11-20)13-21(17)19(23)25-14-15-8-4-2-5-9-15/h2,4-5,8-9,16-17H,3,6-7,10-14H2,1H3/t16-,17-/m0/s1. The van der Waals surface area contributed by atoms with Gasteiger partial charge in [0.25, 0.3) is 0 Å². The number of nitrogens with zero attached hydrogens (tertiary/aromatic N) is 2. The molecule has 0 bridgehead atoms. The van der Waals surface area contributed by atoms with Gasteiger partial charge in [-0.15, -0.1) is 0 Å². The van der Waals surface area contributed by atoms with E-state index in [1.807, 2.05) is 30.3 Å². The molecule has 2 atom stereocenters. The molecule has 2 saturated heterocycles. The number of amides is 1. The monoisotopic (exact) mass is 346 g/mol. The van der Waals surface area contributed by atoms with Gasteiger partial charge in [0, 0.05) is 12.6 Å². The van der Waals surface area contributed by atoms with Crippen molar-refractivity contribution in [1.82, 2.24) is 9.80 Å². The van der Waals surface area contributed by atoms with Crippen molar-refractivity contribution in [3.05, 3.63) is 35.9 Å². The second-order valence-corrected chi connectivity index (χ2v) is 6.72. The second kappa shape index (κ2) is 8.34. The Morgan fingerprint density at radius 3 is 2.52 bits per heavy atom. The summed E-state index contributed by atoms with van der Waals surface area (Å²) in [5, 5.41) is 0. The summed E-state index contributed by atoms with van der Waals surface area (Å²) in [5.74, 6) is -0.365. The highest BCUT2D eigenvalue weighted by Gasteiger charge is 2.43. The summed E-state index contributed by atoms with van der Waals surface area (Å²) >= 11 is 0. The van der Waals surface area contributed by atoms with Gasteiger partial charge >= 0.3 is 12.1 Å². The van der Waals surface area contributed by atoms with Gasteiger partial charge in [0.15, 0.2) is 0 Å². The van der Waals surface area contributed by atoms with Crippen LogP contribution in [0.3, 0.4) is 0 Å². The summed E-state index contributed by atoms with van der Waals surface area (Å²) in [6, 6.07) is 9.19. The van der Waals surface area contributed by atoms with Gasteiger partial charge in [-0.25, -0.2) is 9.59 Å². The van der Waals surface area contributed by atoms with Crippen molar-refractivity contribution in [3.63, 3.8) is 0 Å². The van der Waals surface area contributed by atoms with Crippen LogP contribution in [0.25, 0.3) is 0 Å². The number of methoxy groups -OCH3 is 1. The maximum Gasteiger partial charge on any atom is 0.410 e. The number of benzene rings is 1. The first kappa shape index (κ1) is 17.7. The number of hydrogen-bond acceptors (Lipinski definition) is 5. The fourth-order valence-corrected chi connectivity index (χ4v) is 3.73. The normalized spacial score (nSPS) is 24.1. The van der Waals surface area contributed by atoms with E-state index >= 15 is 0 Å². The number of piperidine rings is 1. The highest BCUT2D eigenvalue weighted by atomic mass is 16.6. The number of ether oxygens (including phenoxy) is 2. The Morgan fingerprint density at radius 2 is 1.84 bits per heavy atom. The highest BCUT2D eigenvalue weighted by molar-refractivity contribution is 5.82. The number of likely N-dealkylation sites (tertiary alicyclic amines) is 2. The summed E-state index contributed by atoms with van der Waals surface area (Å²) in [6.45, 7) is 2.79. The van der Waals surface area contributed by atoms with Crippen LogP contribution in [0.1, 0.15) is 31.2 Å². The molecular weight excluding hydrogens is 320 g/mol. The minimum absolute atomic E-state index is 0.202. The van der Waals surface area contributed by atoms with Gasteiger partial charge in [-0.1, -0.05) is 36.8 Å². The third-order valence-electron chi connectivity index (χ3n) is 5.10. The van der Waals surface area contributed by atoms with E-state index in [0.717, 1.165) is 18.7 Å². The molecule has 6 nitrogen and oxygen atoms in total. The Balaban J connectivity index is 1.63. The van der Waals surface area contributed by atoms with Crippen LogP contribution in [0.2, 0.25) is 0 Å². The number of carbonyl (C=O) groups excluding carboxylic acids is 2. The average molecular weight is 346 g/mol. The summed E-state index contributed by atoms with van der Waals surface area (Å²) in [7, 11) is 1.37. The molecule has 1 aromatic rings. The Labute approximate surface area is 148 Å². The Morgan fingerprint density at radius 1 is 1.12 bits per heavy atom. The summed E-state index contributed by atoms with van der Waals surface area (Å²) in [4.78, 5) is 28.6. The van der Waals surface area contributed by atoms with Crippen LogP contribution in [-0.2, 0) is 20.9 Å². The molecular formula is C19H26N2O4. The Bertz CT molecular complexity index is 586. The first-order valence-corrected chi connectivity index (χ1v) is 8.98. The molecule has 0 saturated carbocycles. The quantitative estimate of drug-likeness (QED) is 0.784. The molecule has 25 heavy (non-hydrogen) atoms. The van der Waals surface area contributed by atoms with Crippen molar-refractivity contribution in [2.45, 2.75) is 44.4 Å². The van der Waals surface area contributed by atoms with Gasteiger partial charge in [-0.3, -0.25) is 9.80 Å². The molecule has 2 aliphatic rings. The molecule has 2 fully saturated rings. The first-order valence-electron chi connectivity index (χ1n) is 8.98. The predicted molar refractivity (Wildman–Crippen MR) is 93.0 cm³/mol. The zero-order chi connectivity index (χ0) is 17.6. The van der Waals surface area contributed by atoms with Gasteiger partial charge < -0.3 is 9.47 Å². The third kappa shape index (κ3) is 4.31. The van der Waals surface area contributed by atoms with Gasteiger partial charge in [0.2, 0.25) is 0 Å². The second-order valence-electron chi connectivity index (χ2n) is 6.72. The van der Waals surface area contributed by atoms with E-state index in [4.69, 9.17) is 9.47 Å². The lowest BCUT2D eigenvalue weighted by Gasteiger charge is -2.31. The Hall–Kier alpha value is -2.08. The van der Waals surface area contributed by atoms with Gasteiger partial charge in [-0.05, 0) is 37.9 Å². The Kier molecular flexibility index (Phi) is 5.91. The molecule has 3 rings (SSSR count). The number of carbonyl (C=O) groups is 2. The van der Waals surface area contributed by atoms with Crippen LogP contribution < -0.4 is 0 Å². The molecule has 0 unspecified atom stereocenters. The molecule has 6 heteroatoms. The molecule has 1 amide bonds. The summed E-state index contributed by atoms with van der Waals surface area (Å²) in [6.07, 6.45) is 3.79. The molecule has 0 aromatic heterocycles. The molecule has 0 aliphatic carbocycles. The van der Waals surface area contributed by atoms with Gasteiger partial charge in [0.05, 0.1) is 7.11 Å². The lowest BCUT2D eigenvalue weighted by atomic mass is 10.1. The van der Waals surface area contributed by atoms with Crippen molar-refractivity contribution < 1.29 is 19.1 Å². The van der Waals surface area contributed by atoms with Crippen LogP contribution in [0.5, 0.6) is 0 Å². The zero-order valence-electron chi connectivity index (χ0n) is 14.7. The van der Waals surface area contributed by atoms with E-state index in [-0.39, 0.29) is 18.6 Å².